The van der Waals surface area contributed by atoms with E-state index in [-0.39, 0.29) is 24.1 Å². The second-order valence-electron chi connectivity index (χ2n) is 18.8. The number of carbonyl (C=O) groups excluding carboxylic acids is 1. The van der Waals surface area contributed by atoms with Crippen LogP contribution in [0, 0.1) is 0 Å². The molecule has 0 radical (unpaired) electrons. The third-order valence-electron chi connectivity index (χ3n) is 10.5. The van der Waals surface area contributed by atoms with Gasteiger partial charge in [0.15, 0.2) is 11.5 Å². The first-order chi connectivity index (χ1) is 27.0. The molecule has 4 aromatic heterocycles. The zero-order valence-corrected chi connectivity index (χ0v) is 37.8. The normalized spacial score (nSPS) is 18.8. The second kappa shape index (κ2) is 17.8. The van der Waals surface area contributed by atoms with E-state index in [4.69, 9.17) is 34.0 Å². The molecule has 0 saturated carbocycles. The molecular weight excluding hydrogens is 753 g/mol. The van der Waals surface area contributed by atoms with Crippen LogP contribution >= 0.6 is 0 Å². The zero-order valence-electron chi connectivity index (χ0n) is 35.8. The van der Waals surface area contributed by atoms with E-state index >= 15 is 0 Å². The molecule has 15 heteroatoms. The Morgan fingerprint density at radius 3 is 2.18 bits per heavy atom. The largest absolute Gasteiger partial charge is 0.501 e. The van der Waals surface area contributed by atoms with Gasteiger partial charge in [0.05, 0.1) is 24.8 Å². The van der Waals surface area contributed by atoms with Crippen LogP contribution in [-0.4, -0.2) is 108 Å². The summed E-state index contributed by atoms with van der Waals surface area (Å²) in [5.41, 5.74) is 4.53. The summed E-state index contributed by atoms with van der Waals surface area (Å²) in [6.45, 7) is 24.5. The lowest BCUT2D eigenvalue weighted by atomic mass is 9.86. The molecule has 2 bridgehead atoms. The van der Waals surface area contributed by atoms with Gasteiger partial charge in [-0.25, -0.2) is 14.8 Å². The number of piperidine rings is 1. The van der Waals surface area contributed by atoms with Crippen LogP contribution in [0.5, 0.6) is 0 Å². The fourth-order valence-electron chi connectivity index (χ4n) is 7.58. The highest BCUT2D eigenvalue weighted by Gasteiger charge is 2.46. The molecule has 6 heterocycles. The molecule has 310 valence electrons. The predicted octanol–water partition coefficient (Wildman–Crippen LogP) is 9.27. The van der Waals surface area contributed by atoms with E-state index in [9.17, 15) is 4.79 Å². The van der Waals surface area contributed by atoms with E-state index < -0.39 is 21.7 Å². The predicted molar refractivity (Wildman–Crippen MR) is 232 cm³/mol. The summed E-state index contributed by atoms with van der Waals surface area (Å²) < 4.78 is 26.7. The number of pyridine rings is 1. The van der Waals surface area contributed by atoms with Crippen LogP contribution in [0.25, 0.3) is 34.4 Å². The molecule has 2 saturated heterocycles. The molecule has 57 heavy (non-hydrogen) atoms. The number of fused-ring (bicyclic) bond motifs is 3. The number of H-pyrrole nitrogens is 1. The first kappa shape index (κ1) is 42.5. The number of hydrogen-bond acceptors (Lipinski definition) is 10. The number of nitrogens with one attached hydrogen (secondary N) is 1. The molecule has 0 aliphatic carbocycles. The molecule has 4 aromatic rings. The molecule has 6 rings (SSSR count). The van der Waals surface area contributed by atoms with Crippen LogP contribution in [0.4, 0.5) is 10.6 Å². The molecule has 2 unspecified atom stereocenters. The first-order valence-corrected chi connectivity index (χ1v) is 28.0. The molecule has 13 nitrogen and oxygen atoms in total. The second-order valence-corrected chi connectivity index (χ2v) is 30.1. The van der Waals surface area contributed by atoms with Crippen LogP contribution < -0.4 is 4.90 Å². The molecule has 2 atom stereocenters. The Morgan fingerprint density at radius 1 is 0.965 bits per heavy atom. The summed E-state index contributed by atoms with van der Waals surface area (Å²) in [5.74, 6) is 1.61. The van der Waals surface area contributed by atoms with Crippen molar-refractivity contribution in [2.75, 3.05) is 38.2 Å². The van der Waals surface area contributed by atoms with E-state index in [2.05, 4.69) is 54.1 Å². The van der Waals surface area contributed by atoms with Crippen molar-refractivity contribution in [3.05, 3.63) is 54.4 Å². The minimum atomic E-state index is -1.33. The topological polar surface area (TPSA) is 132 Å². The van der Waals surface area contributed by atoms with Gasteiger partial charge in [-0.3, -0.25) is 4.98 Å². The minimum Gasteiger partial charge on any atom is -0.501 e. The Balaban J connectivity index is 1.47. The Morgan fingerprint density at radius 2 is 1.63 bits per heavy atom. The van der Waals surface area contributed by atoms with Gasteiger partial charge in [0.1, 0.15) is 30.6 Å². The van der Waals surface area contributed by atoms with Crippen molar-refractivity contribution in [2.45, 2.75) is 128 Å². The number of amides is 1. The standard InChI is InChI=1S/C42H64N8O5Si2/c1-11-52-19-16-34-37(31-24-32-13-14-33(25-31)49(32)41(51)55-42(2,3)4)47-39-35(30-12-15-36(45-26-30)38-43-17-18-44-38)27-46-50(39)40(34)48(28-53-20-22-56(5,6)7)29-54-21-23-57(8,9)10/h12,15-19,26-27,31-33H,11,13-14,20-25,28-29H2,1-10H3,(H,43,44). The van der Waals surface area contributed by atoms with Crippen LogP contribution in [0.2, 0.25) is 51.4 Å². The SMILES string of the molecule is CCOC=Cc1c(C2CC3CCC(C2)N3C(=O)OC(C)(C)C)nc2c(-c3ccc(-c4ncc[nH]4)nc3)cnn2c1N(COCC[Si](C)(C)C)COCC[Si](C)(C)C. The fraction of sp³-hybridized carbons (Fsp3) is 0.595. The van der Waals surface area contributed by atoms with Crippen molar-refractivity contribution in [3.63, 3.8) is 0 Å². The van der Waals surface area contributed by atoms with Gasteiger partial charge in [0.2, 0.25) is 0 Å². The highest BCUT2D eigenvalue weighted by atomic mass is 28.3. The van der Waals surface area contributed by atoms with Crippen molar-refractivity contribution in [1.82, 2.24) is 34.4 Å². The van der Waals surface area contributed by atoms with Gasteiger partial charge in [0, 0.05) is 82.6 Å². The number of aromatic amines is 1. The average molecular weight is 817 g/mol. The van der Waals surface area contributed by atoms with E-state index in [1.807, 2.05) is 67.7 Å². The van der Waals surface area contributed by atoms with E-state index in [1.54, 1.807) is 18.7 Å². The third kappa shape index (κ3) is 10.9. The Hall–Kier alpha value is -4.06. The van der Waals surface area contributed by atoms with Crippen molar-refractivity contribution < 1.29 is 23.7 Å². The van der Waals surface area contributed by atoms with Crippen LogP contribution in [-0.2, 0) is 18.9 Å². The van der Waals surface area contributed by atoms with Gasteiger partial charge >= 0.3 is 6.09 Å². The summed E-state index contributed by atoms with van der Waals surface area (Å²) in [4.78, 5) is 35.5. The first-order valence-electron chi connectivity index (χ1n) is 20.6. The summed E-state index contributed by atoms with van der Waals surface area (Å²) in [7, 11) is -2.67. The highest BCUT2D eigenvalue weighted by Crippen LogP contribution is 2.46. The van der Waals surface area contributed by atoms with Gasteiger partial charge in [-0.15, -0.1) is 0 Å². The summed E-state index contributed by atoms with van der Waals surface area (Å²) in [6, 6.07) is 6.23. The third-order valence-corrected chi connectivity index (χ3v) is 13.9. The van der Waals surface area contributed by atoms with Gasteiger partial charge in [0.25, 0.3) is 0 Å². The van der Waals surface area contributed by atoms with Crippen molar-refractivity contribution in [3.8, 4) is 22.6 Å². The number of anilines is 1. The lowest BCUT2D eigenvalue weighted by molar-refractivity contribution is 0.00568. The zero-order chi connectivity index (χ0) is 41.0. The van der Waals surface area contributed by atoms with Gasteiger partial charge in [-0.2, -0.15) is 9.61 Å². The summed E-state index contributed by atoms with van der Waals surface area (Å²) in [6.07, 6.45) is 14.2. The molecule has 0 spiro atoms. The quantitative estimate of drug-likeness (QED) is 0.0476. The average Bonchev–Trinajstić information content (AvgIpc) is 3.88. The van der Waals surface area contributed by atoms with E-state index in [0.29, 0.717) is 39.1 Å². The van der Waals surface area contributed by atoms with Crippen molar-refractivity contribution in [2.24, 2.45) is 0 Å². The number of hydrogen-bond donors (Lipinski definition) is 1. The smallest absolute Gasteiger partial charge is 0.410 e. The maximum atomic E-state index is 13.5. The highest BCUT2D eigenvalue weighted by molar-refractivity contribution is 6.76. The van der Waals surface area contributed by atoms with Gasteiger partial charge < -0.3 is 33.7 Å². The minimum absolute atomic E-state index is 0.0578. The molecular formula is C42H64N8O5Si2. The van der Waals surface area contributed by atoms with E-state index in [1.165, 1.54) is 0 Å². The monoisotopic (exact) mass is 816 g/mol. The number of carbonyl (C=O) groups is 1. The van der Waals surface area contributed by atoms with Crippen LogP contribution in [0.15, 0.2) is 43.2 Å². The van der Waals surface area contributed by atoms with Gasteiger partial charge in [-0.1, -0.05) is 45.3 Å². The number of nitrogens with zero attached hydrogens (tertiary/aromatic N) is 7. The number of ether oxygens (including phenoxy) is 4. The number of imidazole rings is 1. The lowest BCUT2D eigenvalue weighted by Gasteiger charge is -2.40. The van der Waals surface area contributed by atoms with Crippen molar-refractivity contribution in [1.29, 1.82) is 0 Å². The Labute approximate surface area is 340 Å². The molecule has 2 aliphatic rings. The molecule has 0 aromatic carbocycles. The fourth-order valence-corrected chi connectivity index (χ4v) is 9.09. The lowest BCUT2D eigenvalue weighted by Crippen LogP contribution is -2.48. The Bertz CT molecular complexity index is 1930. The summed E-state index contributed by atoms with van der Waals surface area (Å²) in [5, 5.41) is 5.03. The van der Waals surface area contributed by atoms with E-state index in [0.717, 1.165) is 77.3 Å². The van der Waals surface area contributed by atoms with Crippen LogP contribution in [0.1, 0.15) is 70.6 Å². The molecule has 2 fully saturated rings. The summed E-state index contributed by atoms with van der Waals surface area (Å²) >= 11 is 0. The van der Waals surface area contributed by atoms with Crippen molar-refractivity contribution >= 4 is 39.8 Å². The number of rotatable bonds is 17. The van der Waals surface area contributed by atoms with Crippen LogP contribution in [0.3, 0.4) is 0 Å². The Kier molecular flexibility index (Phi) is 13.3. The molecule has 2 aliphatic heterocycles. The van der Waals surface area contributed by atoms with Gasteiger partial charge in [-0.05, 0) is 77.6 Å². The maximum absolute atomic E-state index is 13.5. The maximum Gasteiger partial charge on any atom is 0.410 e. The number of aromatic nitrogens is 6. The molecule has 1 N–H and O–H groups in total. The molecule has 1 amide bonds.